The fourth-order valence-electron chi connectivity index (χ4n) is 11.2. The molecule has 1 saturated carbocycles. The second kappa shape index (κ2) is 22.0. The third kappa shape index (κ3) is 10.3. The highest BCUT2D eigenvalue weighted by Crippen LogP contribution is 2.61. The van der Waals surface area contributed by atoms with Crippen LogP contribution in [0.1, 0.15) is 133 Å². The Morgan fingerprint density at radius 2 is 1.42 bits per heavy atom. The monoisotopic (exact) mass is 934 g/mol. The quantitative estimate of drug-likeness (QED) is 0.0629. The summed E-state index contributed by atoms with van der Waals surface area (Å²) in [7, 11) is 0. The van der Waals surface area contributed by atoms with E-state index >= 15 is 0 Å². The maximum absolute atomic E-state index is 12.6. The van der Waals surface area contributed by atoms with Gasteiger partial charge < -0.3 is 33.3 Å². The van der Waals surface area contributed by atoms with Gasteiger partial charge in [0.05, 0.1) is 38.8 Å². The number of fused-ring (bicyclic) bond motifs is 10. The van der Waals surface area contributed by atoms with Gasteiger partial charge in [-0.15, -0.1) is 0 Å². The van der Waals surface area contributed by atoms with Crippen LogP contribution in [-0.2, 0) is 39.6 Å². The lowest BCUT2D eigenvalue weighted by atomic mass is 9.67. The largest absolute Gasteiger partial charge is 0.490 e. The Hall–Kier alpha value is -5.64. The molecule has 0 amide bonds. The number of hydrogen-bond acceptors (Lipinski definition) is 9. The number of anilines is 1. The summed E-state index contributed by atoms with van der Waals surface area (Å²) in [6, 6.07) is 35.0. The SMILES string of the molecule is CCCCC(C)OCC(C)C(C)OC(=O)CCC(=O)OCCOc1ccc(C2(c3ccc(N4CCOCC4)cc3)C=Cc3c4c(c5ccccc5c3O2)-c2ccccc2C42CCCCCCC2)cc1. The maximum atomic E-state index is 12.6. The van der Waals surface area contributed by atoms with Crippen LogP contribution < -0.4 is 14.4 Å². The van der Waals surface area contributed by atoms with Gasteiger partial charge in [-0.1, -0.05) is 138 Å². The van der Waals surface area contributed by atoms with E-state index in [1.54, 1.807) is 0 Å². The van der Waals surface area contributed by atoms with Gasteiger partial charge >= 0.3 is 11.9 Å². The molecule has 4 atom stereocenters. The van der Waals surface area contributed by atoms with Crippen LogP contribution >= 0.6 is 0 Å². The number of ether oxygens (including phenoxy) is 6. The Morgan fingerprint density at radius 3 is 2.16 bits per heavy atom. The van der Waals surface area contributed by atoms with Gasteiger partial charge in [-0.3, -0.25) is 9.59 Å². The number of nitrogens with zero attached hydrogens (tertiary/aromatic N) is 1. The minimum absolute atomic E-state index is 0.0421. The standard InChI is InChI=1S/C60H71NO8/c1-5-6-16-43(3)67-41-42(2)44(4)68-55(63)30-29-54(62)66-40-39-65-48-27-23-46(24-28-48)60(45-21-25-47(26-22-45)61-35-37-64-38-36-61)34-31-52-57-56(49-17-10-11-18-50(49)58(52)69-60)51-19-12-13-20-53(51)59(57)32-14-8-7-9-15-33-59/h10-13,17-28,31,34,42-44H,5-9,14-16,29-30,32-33,35-41H2,1-4H3. The normalized spacial score (nSPS) is 19.6. The molecule has 2 fully saturated rings. The van der Waals surface area contributed by atoms with Crippen molar-refractivity contribution in [2.45, 2.75) is 128 Å². The van der Waals surface area contributed by atoms with E-state index in [0.29, 0.717) is 12.4 Å². The van der Waals surface area contributed by atoms with Gasteiger partial charge in [0.2, 0.25) is 0 Å². The second-order valence-electron chi connectivity index (χ2n) is 19.8. The zero-order chi connectivity index (χ0) is 47.8. The molecule has 4 unspecified atom stereocenters. The van der Waals surface area contributed by atoms with E-state index in [1.165, 1.54) is 71.0 Å². The molecule has 1 spiro atoms. The number of hydrogen-bond donors (Lipinski definition) is 0. The van der Waals surface area contributed by atoms with E-state index in [-0.39, 0.29) is 49.6 Å². The van der Waals surface area contributed by atoms with Gasteiger partial charge in [-0.2, -0.15) is 0 Å². The van der Waals surface area contributed by atoms with Crippen molar-refractivity contribution < 1.29 is 38.0 Å². The molecule has 0 radical (unpaired) electrons. The molecule has 2 aliphatic heterocycles. The number of benzene rings is 5. The zero-order valence-corrected chi connectivity index (χ0v) is 41.3. The van der Waals surface area contributed by atoms with Gasteiger partial charge in [0.15, 0.2) is 5.60 Å². The Kier molecular flexibility index (Phi) is 15.4. The molecule has 364 valence electrons. The first kappa shape index (κ1) is 48.4. The number of carbonyl (C=O) groups is 2. The Balaban J connectivity index is 0.926. The van der Waals surface area contributed by atoms with E-state index in [9.17, 15) is 9.59 Å². The zero-order valence-electron chi connectivity index (χ0n) is 41.3. The first-order valence-electron chi connectivity index (χ1n) is 25.9. The molecular formula is C60H71NO8. The number of esters is 2. The van der Waals surface area contributed by atoms with Crippen molar-refractivity contribution in [1.29, 1.82) is 0 Å². The molecule has 0 aromatic heterocycles. The maximum Gasteiger partial charge on any atom is 0.306 e. The average Bonchev–Trinajstić information content (AvgIpc) is 3.67. The molecular weight excluding hydrogens is 863 g/mol. The fraction of sp³-hybridized carbons (Fsp3) is 0.467. The molecule has 9 nitrogen and oxygen atoms in total. The van der Waals surface area contributed by atoms with Crippen LogP contribution in [-0.4, -0.2) is 70.3 Å². The summed E-state index contributed by atoms with van der Waals surface area (Å²) in [6.07, 6.45) is 16.2. The third-order valence-electron chi connectivity index (χ3n) is 15.2. The summed E-state index contributed by atoms with van der Waals surface area (Å²) >= 11 is 0. The third-order valence-corrected chi connectivity index (χ3v) is 15.2. The average molecular weight is 934 g/mol. The summed E-state index contributed by atoms with van der Waals surface area (Å²) in [5.74, 6) is 0.728. The Bertz CT molecular complexity index is 2570. The molecule has 9 rings (SSSR count). The van der Waals surface area contributed by atoms with E-state index < -0.39 is 17.5 Å². The van der Waals surface area contributed by atoms with Crippen LogP contribution in [0.25, 0.3) is 28.0 Å². The summed E-state index contributed by atoms with van der Waals surface area (Å²) in [5, 5.41) is 2.36. The van der Waals surface area contributed by atoms with Crippen molar-refractivity contribution in [3.8, 4) is 22.6 Å². The summed E-state index contributed by atoms with van der Waals surface area (Å²) < 4.78 is 36.5. The van der Waals surface area contributed by atoms with Gasteiger partial charge in [0, 0.05) is 52.2 Å². The predicted molar refractivity (Wildman–Crippen MR) is 274 cm³/mol. The first-order valence-corrected chi connectivity index (χ1v) is 25.9. The molecule has 1 saturated heterocycles. The Morgan fingerprint density at radius 1 is 0.754 bits per heavy atom. The molecule has 5 aromatic rings. The number of morpholine rings is 1. The van der Waals surface area contributed by atoms with Crippen LogP contribution in [0.3, 0.4) is 0 Å². The summed E-state index contributed by atoms with van der Waals surface area (Å²) in [6.45, 7) is 12.0. The Labute approximate surface area is 409 Å². The summed E-state index contributed by atoms with van der Waals surface area (Å²) in [5.41, 5.74) is 8.99. The van der Waals surface area contributed by atoms with Crippen molar-refractivity contribution in [2.24, 2.45) is 5.92 Å². The molecule has 0 bridgehead atoms. The summed E-state index contributed by atoms with van der Waals surface area (Å²) in [4.78, 5) is 27.6. The topological polar surface area (TPSA) is 92.8 Å². The molecule has 69 heavy (non-hydrogen) atoms. The molecule has 2 heterocycles. The van der Waals surface area contributed by atoms with Crippen LogP contribution in [0.4, 0.5) is 5.69 Å². The first-order chi connectivity index (χ1) is 33.7. The number of rotatable bonds is 18. The van der Waals surface area contributed by atoms with Crippen LogP contribution in [0.15, 0.2) is 103 Å². The van der Waals surface area contributed by atoms with Gasteiger partial charge in [-0.25, -0.2) is 0 Å². The van der Waals surface area contributed by atoms with Crippen molar-refractivity contribution >= 4 is 34.5 Å². The van der Waals surface area contributed by atoms with Crippen LogP contribution in [0, 0.1) is 5.92 Å². The molecule has 4 aliphatic rings. The lowest BCUT2D eigenvalue weighted by Gasteiger charge is -2.40. The van der Waals surface area contributed by atoms with Crippen molar-refractivity contribution in [2.75, 3.05) is 51.0 Å². The van der Waals surface area contributed by atoms with E-state index in [2.05, 4.69) is 116 Å². The van der Waals surface area contributed by atoms with Crippen molar-refractivity contribution in [1.82, 2.24) is 0 Å². The highest BCUT2D eigenvalue weighted by Gasteiger charge is 2.48. The minimum Gasteiger partial charge on any atom is -0.490 e. The van der Waals surface area contributed by atoms with E-state index in [0.717, 1.165) is 80.7 Å². The van der Waals surface area contributed by atoms with E-state index in [4.69, 9.17) is 28.4 Å². The van der Waals surface area contributed by atoms with Crippen molar-refractivity contribution in [3.63, 3.8) is 0 Å². The van der Waals surface area contributed by atoms with Gasteiger partial charge in [0.1, 0.15) is 30.8 Å². The second-order valence-corrected chi connectivity index (χ2v) is 19.8. The fourth-order valence-corrected chi connectivity index (χ4v) is 11.2. The number of carbonyl (C=O) groups excluding carboxylic acids is 2. The molecule has 9 heteroatoms. The van der Waals surface area contributed by atoms with Crippen LogP contribution in [0.2, 0.25) is 0 Å². The molecule has 0 N–H and O–H groups in total. The lowest BCUT2D eigenvalue weighted by Crippen LogP contribution is -2.37. The molecule has 2 aliphatic carbocycles. The lowest BCUT2D eigenvalue weighted by molar-refractivity contribution is -0.156. The van der Waals surface area contributed by atoms with Crippen LogP contribution in [0.5, 0.6) is 11.5 Å². The van der Waals surface area contributed by atoms with E-state index in [1.807, 2.05) is 26.0 Å². The number of unbranched alkanes of at least 4 members (excludes halogenated alkanes) is 1. The highest BCUT2D eigenvalue weighted by atomic mass is 16.6. The highest BCUT2D eigenvalue weighted by molar-refractivity contribution is 6.08. The van der Waals surface area contributed by atoms with Gasteiger partial charge in [0.25, 0.3) is 0 Å². The smallest absolute Gasteiger partial charge is 0.306 e. The van der Waals surface area contributed by atoms with Crippen molar-refractivity contribution in [3.05, 3.63) is 131 Å². The minimum atomic E-state index is -0.946. The van der Waals surface area contributed by atoms with Gasteiger partial charge in [-0.05, 0) is 91.1 Å². The predicted octanol–water partition coefficient (Wildman–Crippen LogP) is 12.9. The molecule has 5 aromatic carbocycles.